The SMILES string of the molecule is NCC1(c2ccc(-n3nccc3C3CC3)cc2)CCCCC1. The first-order valence-electron chi connectivity index (χ1n) is 8.67. The molecule has 3 heteroatoms. The number of nitrogens with zero attached hydrogens (tertiary/aromatic N) is 2. The van der Waals surface area contributed by atoms with Gasteiger partial charge in [-0.05, 0) is 49.4 Å². The zero-order valence-electron chi connectivity index (χ0n) is 13.2. The van der Waals surface area contributed by atoms with E-state index in [1.165, 1.54) is 61.9 Å². The smallest absolute Gasteiger partial charge is 0.0649 e. The van der Waals surface area contributed by atoms with Crippen LogP contribution in [-0.2, 0) is 5.41 Å². The Bertz CT molecular complexity index is 631. The van der Waals surface area contributed by atoms with E-state index in [2.05, 4.69) is 40.1 Å². The maximum atomic E-state index is 6.16. The van der Waals surface area contributed by atoms with Crippen molar-refractivity contribution in [3.63, 3.8) is 0 Å². The van der Waals surface area contributed by atoms with Crippen LogP contribution in [0, 0.1) is 0 Å². The normalized spacial score (nSPS) is 21.0. The largest absolute Gasteiger partial charge is 0.330 e. The third-order valence-electron chi connectivity index (χ3n) is 5.59. The lowest BCUT2D eigenvalue weighted by Crippen LogP contribution is -2.37. The van der Waals surface area contributed by atoms with Crippen molar-refractivity contribution in [2.45, 2.75) is 56.3 Å². The molecule has 3 nitrogen and oxygen atoms in total. The molecule has 22 heavy (non-hydrogen) atoms. The molecule has 1 aromatic carbocycles. The van der Waals surface area contributed by atoms with Gasteiger partial charge in [0.15, 0.2) is 0 Å². The van der Waals surface area contributed by atoms with Crippen LogP contribution >= 0.6 is 0 Å². The van der Waals surface area contributed by atoms with Crippen molar-refractivity contribution in [2.75, 3.05) is 6.54 Å². The van der Waals surface area contributed by atoms with Gasteiger partial charge in [-0.1, -0.05) is 31.4 Å². The monoisotopic (exact) mass is 295 g/mol. The van der Waals surface area contributed by atoms with E-state index < -0.39 is 0 Å². The molecule has 0 amide bonds. The highest BCUT2D eigenvalue weighted by Crippen LogP contribution is 2.41. The van der Waals surface area contributed by atoms with Gasteiger partial charge in [-0.3, -0.25) is 0 Å². The number of benzene rings is 1. The topological polar surface area (TPSA) is 43.8 Å². The van der Waals surface area contributed by atoms with Crippen LogP contribution in [0.3, 0.4) is 0 Å². The molecule has 0 bridgehead atoms. The summed E-state index contributed by atoms with van der Waals surface area (Å²) >= 11 is 0. The zero-order chi connectivity index (χ0) is 15.0. The van der Waals surface area contributed by atoms with Crippen LogP contribution in [0.4, 0.5) is 0 Å². The molecular formula is C19H25N3. The molecule has 0 unspecified atom stereocenters. The number of hydrogen-bond donors (Lipinski definition) is 1. The van der Waals surface area contributed by atoms with Crippen molar-refractivity contribution in [1.82, 2.24) is 9.78 Å². The van der Waals surface area contributed by atoms with Crippen molar-refractivity contribution in [3.8, 4) is 5.69 Å². The minimum Gasteiger partial charge on any atom is -0.330 e. The van der Waals surface area contributed by atoms with E-state index in [-0.39, 0.29) is 5.41 Å². The molecule has 0 aliphatic heterocycles. The lowest BCUT2D eigenvalue weighted by molar-refractivity contribution is 0.301. The van der Waals surface area contributed by atoms with Gasteiger partial charge >= 0.3 is 0 Å². The Morgan fingerprint density at radius 1 is 1.05 bits per heavy atom. The summed E-state index contributed by atoms with van der Waals surface area (Å²) in [5.41, 5.74) is 10.3. The Labute approximate surface area is 132 Å². The number of nitrogens with two attached hydrogens (primary N) is 1. The first-order valence-corrected chi connectivity index (χ1v) is 8.67. The Kier molecular flexibility index (Phi) is 3.53. The summed E-state index contributed by atoms with van der Waals surface area (Å²) in [6.07, 6.45) is 11.0. The van der Waals surface area contributed by atoms with Crippen molar-refractivity contribution in [2.24, 2.45) is 5.73 Å². The van der Waals surface area contributed by atoms with Crippen LogP contribution in [-0.4, -0.2) is 16.3 Å². The third kappa shape index (κ3) is 2.38. The van der Waals surface area contributed by atoms with Crippen molar-refractivity contribution in [3.05, 3.63) is 47.8 Å². The van der Waals surface area contributed by atoms with Gasteiger partial charge in [0.05, 0.1) is 5.69 Å². The first-order chi connectivity index (χ1) is 10.8. The van der Waals surface area contributed by atoms with Crippen molar-refractivity contribution < 1.29 is 0 Å². The fraction of sp³-hybridized carbons (Fsp3) is 0.526. The van der Waals surface area contributed by atoms with Gasteiger partial charge < -0.3 is 5.73 Å². The van der Waals surface area contributed by atoms with E-state index in [0.717, 1.165) is 12.5 Å². The average Bonchev–Trinajstić information content (AvgIpc) is 3.32. The predicted molar refractivity (Wildman–Crippen MR) is 89.4 cm³/mol. The molecule has 1 heterocycles. The van der Waals surface area contributed by atoms with Crippen LogP contribution in [0.5, 0.6) is 0 Å². The van der Waals surface area contributed by atoms with Crippen LogP contribution in [0.2, 0.25) is 0 Å². The summed E-state index contributed by atoms with van der Waals surface area (Å²) in [6.45, 7) is 0.765. The van der Waals surface area contributed by atoms with E-state index >= 15 is 0 Å². The minimum absolute atomic E-state index is 0.209. The maximum Gasteiger partial charge on any atom is 0.0649 e. The fourth-order valence-corrected chi connectivity index (χ4v) is 4.01. The second-order valence-electron chi connectivity index (χ2n) is 7.03. The molecule has 0 saturated heterocycles. The summed E-state index contributed by atoms with van der Waals surface area (Å²) in [5.74, 6) is 0.718. The van der Waals surface area contributed by atoms with E-state index in [1.54, 1.807) is 0 Å². The van der Waals surface area contributed by atoms with E-state index in [0.29, 0.717) is 0 Å². The molecular weight excluding hydrogens is 270 g/mol. The molecule has 0 spiro atoms. The molecule has 2 saturated carbocycles. The van der Waals surface area contributed by atoms with Gasteiger partial charge in [-0.2, -0.15) is 5.10 Å². The van der Waals surface area contributed by atoms with Gasteiger partial charge in [0.2, 0.25) is 0 Å². The zero-order valence-corrected chi connectivity index (χ0v) is 13.2. The molecule has 2 N–H and O–H groups in total. The van der Waals surface area contributed by atoms with E-state index in [4.69, 9.17) is 5.73 Å². The number of aromatic nitrogens is 2. The van der Waals surface area contributed by atoms with Gasteiger partial charge in [-0.15, -0.1) is 0 Å². The van der Waals surface area contributed by atoms with Crippen LogP contribution in [0.15, 0.2) is 36.5 Å². The maximum absolute atomic E-state index is 6.16. The predicted octanol–water partition coefficient (Wildman–Crippen LogP) is 3.91. The van der Waals surface area contributed by atoms with Gasteiger partial charge in [-0.25, -0.2) is 4.68 Å². The summed E-state index contributed by atoms with van der Waals surface area (Å²) in [4.78, 5) is 0. The Balaban J connectivity index is 1.63. The number of rotatable bonds is 4. The molecule has 0 radical (unpaired) electrons. The number of hydrogen-bond acceptors (Lipinski definition) is 2. The van der Waals surface area contributed by atoms with Crippen LogP contribution in [0.1, 0.15) is 62.1 Å². The van der Waals surface area contributed by atoms with E-state index in [9.17, 15) is 0 Å². The van der Waals surface area contributed by atoms with Crippen molar-refractivity contribution >= 4 is 0 Å². The summed E-state index contributed by atoms with van der Waals surface area (Å²) in [6, 6.07) is 11.2. The van der Waals surface area contributed by atoms with Gasteiger partial charge in [0.1, 0.15) is 0 Å². The minimum atomic E-state index is 0.209. The lowest BCUT2D eigenvalue weighted by Gasteiger charge is -2.37. The second-order valence-corrected chi connectivity index (χ2v) is 7.03. The quantitative estimate of drug-likeness (QED) is 0.929. The van der Waals surface area contributed by atoms with Crippen molar-refractivity contribution in [1.29, 1.82) is 0 Å². The second kappa shape index (κ2) is 5.54. The Hall–Kier alpha value is -1.61. The highest BCUT2D eigenvalue weighted by Gasteiger charge is 2.32. The Morgan fingerprint density at radius 3 is 2.41 bits per heavy atom. The summed E-state index contributed by atoms with van der Waals surface area (Å²) in [5, 5.41) is 4.52. The summed E-state index contributed by atoms with van der Waals surface area (Å²) < 4.78 is 2.11. The molecule has 0 atom stereocenters. The lowest BCUT2D eigenvalue weighted by atomic mass is 9.69. The van der Waals surface area contributed by atoms with E-state index in [1.807, 2.05) is 6.20 Å². The fourth-order valence-electron chi connectivity index (χ4n) is 4.01. The molecule has 2 aromatic rings. The molecule has 2 aliphatic rings. The molecule has 2 aliphatic carbocycles. The van der Waals surface area contributed by atoms with Crippen LogP contribution < -0.4 is 5.73 Å². The third-order valence-corrected chi connectivity index (χ3v) is 5.59. The average molecular weight is 295 g/mol. The standard InChI is InChI=1S/C19H25N3/c20-14-19(11-2-1-3-12-19)16-6-8-17(9-7-16)22-18(10-13-21-22)15-4-5-15/h6-10,13,15H,1-5,11-12,14,20H2. The summed E-state index contributed by atoms with van der Waals surface area (Å²) in [7, 11) is 0. The van der Waals surface area contributed by atoms with Gasteiger partial charge in [0, 0.05) is 29.8 Å². The van der Waals surface area contributed by atoms with Crippen LogP contribution in [0.25, 0.3) is 5.69 Å². The molecule has 4 rings (SSSR count). The van der Waals surface area contributed by atoms with Gasteiger partial charge in [0.25, 0.3) is 0 Å². The molecule has 1 aromatic heterocycles. The highest BCUT2D eigenvalue weighted by molar-refractivity contribution is 5.39. The first kappa shape index (κ1) is 14.0. The molecule has 116 valence electrons. The Morgan fingerprint density at radius 2 is 1.77 bits per heavy atom. The highest BCUT2D eigenvalue weighted by atomic mass is 15.3. The molecule has 2 fully saturated rings.